The summed E-state index contributed by atoms with van der Waals surface area (Å²) in [5.41, 5.74) is 0.899. The summed E-state index contributed by atoms with van der Waals surface area (Å²) in [7, 11) is 0. The summed E-state index contributed by atoms with van der Waals surface area (Å²) in [6.07, 6.45) is 1.71. The second-order valence-corrected chi connectivity index (χ2v) is 3.02. The number of hydrogen-bond donors (Lipinski definition) is 1. The maximum Gasteiger partial charge on any atom is 0.317 e. The summed E-state index contributed by atoms with van der Waals surface area (Å²) >= 11 is 0. The highest BCUT2D eigenvalue weighted by molar-refractivity contribution is 5.69. The molecule has 0 aliphatic heterocycles. The number of likely N-dealkylation sites (N-methyl/N-ethyl adjacent to an activating group) is 1. The van der Waals surface area contributed by atoms with Crippen LogP contribution in [0.2, 0.25) is 0 Å². The Labute approximate surface area is 96.9 Å². The average molecular weight is 224 g/mol. The van der Waals surface area contributed by atoms with Crippen molar-refractivity contribution in [3.05, 3.63) is 30.1 Å². The Morgan fingerprint density at radius 3 is 2.56 bits per heavy atom. The van der Waals surface area contributed by atoms with Gasteiger partial charge in [-0.2, -0.15) is 0 Å². The fourth-order valence-corrected chi connectivity index (χ4v) is 1.19. The lowest BCUT2D eigenvalue weighted by Crippen LogP contribution is -2.29. The van der Waals surface area contributed by atoms with Crippen LogP contribution in [-0.2, 0) is 11.3 Å². The zero-order valence-electron chi connectivity index (χ0n) is 10.2. The highest BCUT2D eigenvalue weighted by atomic mass is 16.4. The van der Waals surface area contributed by atoms with Crippen molar-refractivity contribution in [3.8, 4) is 0 Å². The Hall–Kier alpha value is -1.42. The van der Waals surface area contributed by atoms with E-state index in [0.717, 1.165) is 5.69 Å². The van der Waals surface area contributed by atoms with Gasteiger partial charge in [0.25, 0.3) is 0 Å². The monoisotopic (exact) mass is 224 g/mol. The Balaban J connectivity index is 0.00000106. The topological polar surface area (TPSA) is 53.4 Å². The second-order valence-electron chi connectivity index (χ2n) is 3.02. The molecule has 0 radical (unpaired) electrons. The predicted molar refractivity (Wildman–Crippen MR) is 64.2 cm³/mol. The van der Waals surface area contributed by atoms with E-state index in [1.54, 1.807) is 6.20 Å². The first kappa shape index (κ1) is 14.6. The third-order valence-corrected chi connectivity index (χ3v) is 1.92. The third-order valence-electron chi connectivity index (χ3n) is 1.92. The summed E-state index contributed by atoms with van der Waals surface area (Å²) in [4.78, 5) is 16.5. The van der Waals surface area contributed by atoms with E-state index in [1.807, 2.05) is 43.9 Å². The molecule has 1 N–H and O–H groups in total. The fourth-order valence-electron chi connectivity index (χ4n) is 1.19. The van der Waals surface area contributed by atoms with Crippen molar-refractivity contribution in [2.75, 3.05) is 13.1 Å². The van der Waals surface area contributed by atoms with E-state index in [1.165, 1.54) is 0 Å². The largest absolute Gasteiger partial charge is 0.480 e. The van der Waals surface area contributed by atoms with Crippen LogP contribution in [0, 0.1) is 0 Å². The SMILES string of the molecule is CC.CCN(CC(=O)O)Cc1ccccn1. The predicted octanol–water partition coefficient (Wildman–Crippen LogP) is 2.01. The van der Waals surface area contributed by atoms with Crippen LogP contribution in [-0.4, -0.2) is 34.0 Å². The number of aliphatic carboxylic acids is 1. The number of pyridine rings is 1. The van der Waals surface area contributed by atoms with Crippen LogP contribution in [0.25, 0.3) is 0 Å². The summed E-state index contributed by atoms with van der Waals surface area (Å²) in [5, 5.41) is 8.63. The molecule has 0 fully saturated rings. The van der Waals surface area contributed by atoms with Crippen molar-refractivity contribution in [2.24, 2.45) is 0 Å². The zero-order chi connectivity index (χ0) is 12.4. The molecule has 0 spiro atoms. The van der Waals surface area contributed by atoms with Gasteiger partial charge in [-0.3, -0.25) is 14.7 Å². The van der Waals surface area contributed by atoms with Gasteiger partial charge in [0.15, 0.2) is 0 Å². The summed E-state index contributed by atoms with van der Waals surface area (Å²) < 4.78 is 0. The minimum Gasteiger partial charge on any atom is -0.480 e. The summed E-state index contributed by atoms with van der Waals surface area (Å²) in [6.45, 7) is 7.30. The van der Waals surface area contributed by atoms with Gasteiger partial charge >= 0.3 is 5.97 Å². The number of carboxylic acid groups (broad SMARTS) is 1. The van der Waals surface area contributed by atoms with E-state index in [0.29, 0.717) is 13.1 Å². The zero-order valence-corrected chi connectivity index (χ0v) is 10.2. The summed E-state index contributed by atoms with van der Waals surface area (Å²) in [6, 6.07) is 5.64. The van der Waals surface area contributed by atoms with Gasteiger partial charge < -0.3 is 5.11 Å². The van der Waals surface area contributed by atoms with Crippen LogP contribution in [0.15, 0.2) is 24.4 Å². The molecule has 4 nitrogen and oxygen atoms in total. The molecule has 1 heterocycles. The lowest BCUT2D eigenvalue weighted by molar-refractivity contribution is -0.138. The molecule has 1 aromatic rings. The quantitative estimate of drug-likeness (QED) is 0.831. The molecule has 0 aromatic carbocycles. The standard InChI is InChI=1S/C10H14N2O2.C2H6/c1-2-12(8-10(13)14)7-9-5-3-4-6-11-9;1-2/h3-6H,2,7-8H2,1H3,(H,13,14);1-2H3. The highest BCUT2D eigenvalue weighted by Crippen LogP contribution is 1.99. The lowest BCUT2D eigenvalue weighted by Gasteiger charge is -2.16. The van der Waals surface area contributed by atoms with Crippen LogP contribution in [0.1, 0.15) is 26.5 Å². The van der Waals surface area contributed by atoms with Crippen molar-refractivity contribution in [1.29, 1.82) is 0 Å². The van der Waals surface area contributed by atoms with Crippen LogP contribution in [0.3, 0.4) is 0 Å². The van der Waals surface area contributed by atoms with Crippen LogP contribution < -0.4 is 0 Å². The van der Waals surface area contributed by atoms with Gasteiger partial charge in [-0.05, 0) is 18.7 Å². The molecular formula is C12H20N2O2. The van der Waals surface area contributed by atoms with Gasteiger partial charge in [-0.1, -0.05) is 26.8 Å². The molecule has 90 valence electrons. The number of aromatic nitrogens is 1. The number of hydrogen-bond acceptors (Lipinski definition) is 3. The molecule has 0 aliphatic rings. The second kappa shape index (κ2) is 8.85. The molecule has 0 unspecified atom stereocenters. The Morgan fingerprint density at radius 1 is 1.44 bits per heavy atom. The number of nitrogens with zero attached hydrogens (tertiary/aromatic N) is 2. The third kappa shape index (κ3) is 6.14. The van der Waals surface area contributed by atoms with E-state index in [-0.39, 0.29) is 6.54 Å². The average Bonchev–Trinajstić information content (AvgIpc) is 2.31. The first-order chi connectivity index (χ1) is 7.72. The number of carboxylic acids is 1. The minimum absolute atomic E-state index is 0.0626. The maximum absolute atomic E-state index is 10.5. The molecule has 0 saturated heterocycles. The Kier molecular flexibility index (Phi) is 8.07. The van der Waals surface area contributed by atoms with Crippen LogP contribution in [0.5, 0.6) is 0 Å². The van der Waals surface area contributed by atoms with Gasteiger partial charge in [0, 0.05) is 12.7 Å². The van der Waals surface area contributed by atoms with Gasteiger partial charge in [0.2, 0.25) is 0 Å². The highest BCUT2D eigenvalue weighted by Gasteiger charge is 2.07. The molecule has 0 atom stereocenters. The lowest BCUT2D eigenvalue weighted by atomic mass is 10.3. The molecule has 0 bridgehead atoms. The van der Waals surface area contributed by atoms with Crippen LogP contribution >= 0.6 is 0 Å². The normalized spacial score (nSPS) is 9.50. The molecule has 16 heavy (non-hydrogen) atoms. The molecule has 1 aromatic heterocycles. The van der Waals surface area contributed by atoms with Gasteiger partial charge in [-0.15, -0.1) is 0 Å². The van der Waals surface area contributed by atoms with Crippen molar-refractivity contribution in [3.63, 3.8) is 0 Å². The molecule has 4 heteroatoms. The first-order valence-corrected chi connectivity index (χ1v) is 5.56. The van der Waals surface area contributed by atoms with E-state index in [9.17, 15) is 4.79 Å². The Bertz CT molecular complexity index is 288. The van der Waals surface area contributed by atoms with E-state index in [4.69, 9.17) is 5.11 Å². The molecule has 0 aliphatic carbocycles. The molecular weight excluding hydrogens is 204 g/mol. The number of carbonyl (C=O) groups is 1. The van der Waals surface area contributed by atoms with Crippen molar-refractivity contribution in [2.45, 2.75) is 27.3 Å². The number of rotatable bonds is 5. The van der Waals surface area contributed by atoms with Gasteiger partial charge in [-0.25, -0.2) is 0 Å². The van der Waals surface area contributed by atoms with Crippen molar-refractivity contribution < 1.29 is 9.90 Å². The van der Waals surface area contributed by atoms with E-state index < -0.39 is 5.97 Å². The smallest absolute Gasteiger partial charge is 0.317 e. The summed E-state index contributed by atoms with van der Waals surface area (Å²) in [5.74, 6) is -0.803. The van der Waals surface area contributed by atoms with Gasteiger partial charge in [0.1, 0.15) is 0 Å². The van der Waals surface area contributed by atoms with Crippen molar-refractivity contribution in [1.82, 2.24) is 9.88 Å². The maximum atomic E-state index is 10.5. The molecule has 0 saturated carbocycles. The van der Waals surface area contributed by atoms with Crippen LogP contribution in [0.4, 0.5) is 0 Å². The van der Waals surface area contributed by atoms with Crippen molar-refractivity contribution >= 4 is 5.97 Å². The fraction of sp³-hybridized carbons (Fsp3) is 0.500. The van der Waals surface area contributed by atoms with E-state index in [2.05, 4.69) is 4.98 Å². The van der Waals surface area contributed by atoms with E-state index >= 15 is 0 Å². The molecule has 1 rings (SSSR count). The minimum atomic E-state index is -0.803. The molecule has 0 amide bonds. The Morgan fingerprint density at radius 2 is 2.12 bits per heavy atom. The first-order valence-electron chi connectivity index (χ1n) is 5.56. The van der Waals surface area contributed by atoms with Gasteiger partial charge in [0.05, 0.1) is 12.2 Å².